The Morgan fingerprint density at radius 2 is 1.94 bits per heavy atom. The maximum atomic E-state index is 6.41. The molecule has 0 spiro atoms. The summed E-state index contributed by atoms with van der Waals surface area (Å²) < 4.78 is 13.6. The van der Waals surface area contributed by atoms with E-state index in [0.29, 0.717) is 11.6 Å². The maximum absolute atomic E-state index is 6.41. The number of hydrogen-bond acceptors (Lipinski definition) is 8. The third kappa shape index (κ3) is 3.62. The van der Waals surface area contributed by atoms with Crippen LogP contribution in [0.1, 0.15) is 31.4 Å². The van der Waals surface area contributed by atoms with Crippen LogP contribution in [0.15, 0.2) is 41.1 Å². The highest BCUT2D eigenvalue weighted by Crippen LogP contribution is 2.46. The summed E-state index contributed by atoms with van der Waals surface area (Å²) in [5, 5.41) is 1.04. The number of halogens is 1. The van der Waals surface area contributed by atoms with Gasteiger partial charge in [-0.1, -0.05) is 24.3 Å². The van der Waals surface area contributed by atoms with E-state index in [0.717, 1.165) is 51.7 Å². The third-order valence-electron chi connectivity index (χ3n) is 7.07. The number of benzene rings is 1. The Kier molecular flexibility index (Phi) is 5.05. The number of aromatic nitrogens is 3. The summed E-state index contributed by atoms with van der Waals surface area (Å²) in [6, 6.07) is 8.38. The van der Waals surface area contributed by atoms with Crippen LogP contribution in [-0.4, -0.2) is 45.5 Å². The first-order valence-electron chi connectivity index (χ1n) is 11.5. The zero-order valence-corrected chi connectivity index (χ0v) is 20.7. The Bertz CT molecular complexity index is 1310. The van der Waals surface area contributed by atoms with Crippen LogP contribution in [0.3, 0.4) is 0 Å². The quantitative estimate of drug-likeness (QED) is 0.531. The number of nitrogen functional groups attached to an aromatic ring is 2. The molecule has 8 nitrogen and oxygen atoms in total. The molecule has 4 N–H and O–H groups in total. The monoisotopic (exact) mass is 522 g/mol. The molecular formula is C25H27BrN6O2. The van der Waals surface area contributed by atoms with E-state index in [9.17, 15) is 0 Å². The number of nitrogens with two attached hydrogens (primary N) is 2. The molecule has 0 amide bonds. The lowest BCUT2D eigenvalue weighted by atomic mass is 10.0. The summed E-state index contributed by atoms with van der Waals surface area (Å²) in [6.07, 6.45) is 7.64. The van der Waals surface area contributed by atoms with Gasteiger partial charge in [0.15, 0.2) is 5.79 Å². The van der Waals surface area contributed by atoms with Crippen molar-refractivity contribution in [2.75, 3.05) is 22.9 Å². The van der Waals surface area contributed by atoms with Crippen molar-refractivity contribution in [1.29, 1.82) is 0 Å². The number of nitrogens with zero attached hydrogens (tertiary/aromatic N) is 4. The molecule has 9 heteroatoms. The molecule has 0 bridgehead atoms. The molecule has 3 aliphatic rings. The van der Waals surface area contributed by atoms with E-state index < -0.39 is 5.79 Å². The topological polar surface area (TPSA) is 112 Å². The summed E-state index contributed by atoms with van der Waals surface area (Å²) in [5.41, 5.74) is 15.1. The zero-order chi connectivity index (χ0) is 23.6. The first-order valence-corrected chi connectivity index (χ1v) is 12.3. The molecule has 6 rings (SSSR count). The highest BCUT2D eigenvalue weighted by atomic mass is 79.9. The largest absolute Gasteiger partial charge is 0.383 e. The molecule has 2 fully saturated rings. The molecule has 1 saturated heterocycles. The fraction of sp³-hybridized carbons (Fsp3) is 0.400. The Morgan fingerprint density at radius 1 is 1.12 bits per heavy atom. The summed E-state index contributed by atoms with van der Waals surface area (Å²) in [7, 11) is 0. The number of hydrogen-bond donors (Lipinski definition) is 2. The molecule has 34 heavy (non-hydrogen) atoms. The minimum absolute atomic E-state index is 0.0235. The van der Waals surface area contributed by atoms with Gasteiger partial charge >= 0.3 is 0 Å². The van der Waals surface area contributed by atoms with Crippen LogP contribution in [0.2, 0.25) is 0 Å². The van der Waals surface area contributed by atoms with Crippen molar-refractivity contribution in [2.45, 2.75) is 50.7 Å². The van der Waals surface area contributed by atoms with Crippen molar-refractivity contribution < 1.29 is 9.47 Å². The molecule has 1 aromatic carbocycles. The predicted octanol–water partition coefficient (Wildman–Crippen LogP) is 3.94. The average Bonchev–Trinajstić information content (AvgIpc) is 3.45. The van der Waals surface area contributed by atoms with Crippen molar-refractivity contribution in [2.24, 2.45) is 5.92 Å². The molecule has 2 aromatic heterocycles. The Hall–Kier alpha value is -2.75. The van der Waals surface area contributed by atoms with Gasteiger partial charge in [0.25, 0.3) is 0 Å². The second kappa shape index (κ2) is 7.90. The average molecular weight is 523 g/mol. The van der Waals surface area contributed by atoms with E-state index in [1.165, 1.54) is 0 Å². The van der Waals surface area contributed by atoms with Crippen LogP contribution in [0.25, 0.3) is 17.0 Å². The predicted molar refractivity (Wildman–Crippen MR) is 136 cm³/mol. The fourth-order valence-corrected chi connectivity index (χ4v) is 5.90. The van der Waals surface area contributed by atoms with Gasteiger partial charge < -0.3 is 25.8 Å². The smallest absolute Gasteiger partial charge is 0.163 e. The van der Waals surface area contributed by atoms with Gasteiger partial charge in [0.05, 0.1) is 22.1 Å². The lowest BCUT2D eigenvalue weighted by Gasteiger charge is -2.31. The van der Waals surface area contributed by atoms with Gasteiger partial charge in [-0.2, -0.15) is 0 Å². The van der Waals surface area contributed by atoms with E-state index in [1.807, 2.05) is 19.9 Å². The molecule has 0 unspecified atom stereocenters. The molecule has 1 saturated carbocycles. The highest BCUT2D eigenvalue weighted by Gasteiger charge is 2.55. The first kappa shape index (κ1) is 21.8. The normalized spacial score (nSPS) is 27.6. The SMILES string of the molecule is CC1(C)O[C@@H]2[C@H](O1)[C@@H](/C=C/c1ccc3cc(Br)c(N)nc3c1)C[C@H]2N1CCc2c(N)ncnc21. The van der Waals surface area contributed by atoms with Crippen LogP contribution in [0.5, 0.6) is 0 Å². The third-order valence-corrected chi connectivity index (χ3v) is 7.70. The van der Waals surface area contributed by atoms with Gasteiger partial charge in [0.1, 0.15) is 29.9 Å². The van der Waals surface area contributed by atoms with E-state index in [-0.39, 0.29) is 24.2 Å². The standard InChI is InChI=1S/C25H27BrN6O2/c1-25(2)33-20-15(6-4-13-3-5-14-10-17(26)23(28)31-18(14)9-13)11-19(21(20)34-25)32-8-7-16-22(27)29-12-30-24(16)32/h3-6,9-10,12,15,19-21H,7-8,11H2,1-2H3,(H2,28,31)(H2,27,29,30)/b6-4+/t15-,19+,20+,21-/m0/s1. The van der Waals surface area contributed by atoms with Crippen LogP contribution in [0, 0.1) is 5.92 Å². The summed E-state index contributed by atoms with van der Waals surface area (Å²) in [4.78, 5) is 15.6. The second-order valence-corrected chi connectivity index (χ2v) is 10.6. The maximum Gasteiger partial charge on any atom is 0.163 e. The van der Waals surface area contributed by atoms with Gasteiger partial charge in [0.2, 0.25) is 0 Å². The molecule has 4 heterocycles. The second-order valence-electron chi connectivity index (χ2n) is 9.70. The van der Waals surface area contributed by atoms with E-state index in [1.54, 1.807) is 6.33 Å². The summed E-state index contributed by atoms with van der Waals surface area (Å²) in [5.74, 6) is 1.58. The van der Waals surface area contributed by atoms with Gasteiger partial charge in [-0.15, -0.1) is 0 Å². The van der Waals surface area contributed by atoms with Crippen molar-refractivity contribution in [3.05, 3.63) is 52.3 Å². The lowest BCUT2D eigenvalue weighted by Crippen LogP contribution is -2.43. The van der Waals surface area contributed by atoms with Gasteiger partial charge in [-0.25, -0.2) is 15.0 Å². The van der Waals surface area contributed by atoms with E-state index >= 15 is 0 Å². The molecule has 4 atom stereocenters. The molecule has 3 aromatic rings. The van der Waals surface area contributed by atoms with Crippen molar-refractivity contribution >= 4 is 50.4 Å². The van der Waals surface area contributed by atoms with Crippen LogP contribution in [0.4, 0.5) is 17.5 Å². The van der Waals surface area contributed by atoms with Crippen molar-refractivity contribution in [1.82, 2.24) is 15.0 Å². The van der Waals surface area contributed by atoms with E-state index in [2.05, 4.69) is 66.1 Å². The fourth-order valence-electron chi connectivity index (χ4n) is 5.56. The summed E-state index contributed by atoms with van der Waals surface area (Å²) in [6.45, 7) is 4.83. The number of ether oxygens (including phenoxy) is 2. The molecular weight excluding hydrogens is 496 g/mol. The number of pyridine rings is 1. The van der Waals surface area contributed by atoms with Crippen molar-refractivity contribution in [3.63, 3.8) is 0 Å². The van der Waals surface area contributed by atoms with E-state index in [4.69, 9.17) is 20.9 Å². The van der Waals surface area contributed by atoms with Gasteiger partial charge in [-0.3, -0.25) is 0 Å². The Balaban J connectivity index is 1.29. The minimum Gasteiger partial charge on any atom is -0.383 e. The highest BCUT2D eigenvalue weighted by molar-refractivity contribution is 9.10. The first-order chi connectivity index (χ1) is 16.3. The molecule has 2 aliphatic heterocycles. The van der Waals surface area contributed by atoms with Gasteiger partial charge in [0, 0.05) is 23.4 Å². The molecule has 0 radical (unpaired) electrons. The Morgan fingerprint density at radius 3 is 2.79 bits per heavy atom. The van der Waals surface area contributed by atoms with Crippen LogP contribution < -0.4 is 16.4 Å². The van der Waals surface area contributed by atoms with Crippen molar-refractivity contribution in [3.8, 4) is 0 Å². The zero-order valence-electron chi connectivity index (χ0n) is 19.1. The number of anilines is 3. The Labute approximate surface area is 206 Å². The van der Waals surface area contributed by atoms with Crippen LogP contribution in [-0.2, 0) is 15.9 Å². The van der Waals surface area contributed by atoms with Crippen LogP contribution >= 0.6 is 15.9 Å². The number of fused-ring (bicyclic) bond motifs is 3. The molecule has 1 aliphatic carbocycles. The number of rotatable bonds is 3. The van der Waals surface area contributed by atoms with Gasteiger partial charge in [-0.05, 0) is 60.3 Å². The lowest BCUT2D eigenvalue weighted by molar-refractivity contribution is -0.155. The molecule has 176 valence electrons. The summed E-state index contributed by atoms with van der Waals surface area (Å²) >= 11 is 3.45. The minimum atomic E-state index is -0.620.